The number of fused-ring (bicyclic) bond motifs is 18. The van der Waals surface area contributed by atoms with Gasteiger partial charge in [0, 0.05) is 84.9 Å². The maximum Gasteiger partial charge on any atom is 0.213 e. The molecule has 0 bridgehead atoms. The molecule has 4 heteroatoms. The third-order valence-corrected chi connectivity index (χ3v) is 31.4. The van der Waals surface area contributed by atoms with Crippen molar-refractivity contribution in [1.82, 2.24) is 0 Å². The monoisotopic (exact) mass is 1640 g/mol. The fourth-order valence-electron chi connectivity index (χ4n) is 21.5. The third kappa shape index (κ3) is 13.2. The van der Waals surface area contributed by atoms with Gasteiger partial charge in [0.05, 0.1) is 11.1 Å². The molecule has 20 rings (SSSR count). The van der Waals surface area contributed by atoms with Crippen LogP contribution in [0.25, 0.3) is 133 Å². The highest BCUT2D eigenvalue weighted by atomic mass is 14.9. The largest absolute Gasteiger partial charge is 0.213 e. The Hall–Kier alpha value is -11.7. The first-order valence-corrected chi connectivity index (χ1v) is 44.1. The number of nitrogens with zero attached hydrogens (tertiary/aromatic N) is 4. The summed E-state index contributed by atoms with van der Waals surface area (Å²) >= 11 is 0. The molecule has 12 aromatic carbocycles. The summed E-state index contributed by atoms with van der Waals surface area (Å²) in [7, 11) is 7.76. The Bertz CT molecular complexity index is 7360. The molecule has 0 amide bonds. The summed E-state index contributed by atoms with van der Waals surface area (Å²) in [4.78, 5) is 0. The molecule has 0 N–H and O–H groups in total. The number of pyridine rings is 4. The molecule has 4 heterocycles. The van der Waals surface area contributed by atoms with E-state index in [2.05, 4.69) is 333 Å². The van der Waals surface area contributed by atoms with Crippen LogP contribution in [0.15, 0.2) is 267 Å². The zero-order chi connectivity index (χ0) is 98.5. The lowest BCUT2D eigenvalue weighted by atomic mass is 9.54. The van der Waals surface area contributed by atoms with Crippen molar-refractivity contribution in [2.75, 3.05) is 0 Å². The van der Waals surface area contributed by atoms with E-state index in [9.17, 15) is 0 Å². The second-order valence-corrected chi connectivity index (χ2v) is 40.3. The minimum atomic E-state index is -2.13. The molecule has 0 aliphatic heterocycles. The van der Waals surface area contributed by atoms with Crippen molar-refractivity contribution >= 4 is 43.1 Å². The molecule has 0 saturated carbocycles. The predicted octanol–water partition coefficient (Wildman–Crippen LogP) is 28.7. The van der Waals surface area contributed by atoms with Crippen LogP contribution in [0.4, 0.5) is 0 Å². The van der Waals surface area contributed by atoms with Gasteiger partial charge in [-0.15, -0.1) is 0 Å². The van der Waals surface area contributed by atoms with Crippen LogP contribution >= 0.6 is 0 Å². The van der Waals surface area contributed by atoms with Gasteiger partial charge in [-0.3, -0.25) is 0 Å². The van der Waals surface area contributed by atoms with E-state index in [1.54, 1.807) is 49.1 Å². The van der Waals surface area contributed by atoms with Crippen LogP contribution in [-0.4, -0.2) is 0 Å². The highest BCUT2D eigenvalue weighted by Crippen LogP contribution is 2.62. The summed E-state index contributed by atoms with van der Waals surface area (Å²) in [5.74, 6) is 0. The van der Waals surface area contributed by atoms with Crippen LogP contribution in [0.3, 0.4) is 0 Å². The predicted molar refractivity (Wildman–Crippen MR) is 526 cm³/mol. The van der Waals surface area contributed by atoms with Gasteiger partial charge < -0.3 is 0 Å². The lowest BCUT2D eigenvalue weighted by Gasteiger charge is -2.49. The third-order valence-electron chi connectivity index (χ3n) is 31.4. The maximum absolute atomic E-state index is 7.83. The van der Waals surface area contributed by atoms with Gasteiger partial charge in [-0.1, -0.05) is 269 Å². The van der Waals surface area contributed by atoms with E-state index in [-0.39, 0.29) is 43.3 Å². The molecule has 624 valence electrons. The van der Waals surface area contributed by atoms with E-state index in [0.29, 0.717) is 22.3 Å². The minimum absolute atomic E-state index is 0.0702. The molecule has 0 atom stereocenters. The van der Waals surface area contributed by atoms with Gasteiger partial charge in [0.25, 0.3) is 0 Å². The molecule has 4 nitrogen and oxygen atoms in total. The Morgan fingerprint density at radius 2 is 0.500 bits per heavy atom. The van der Waals surface area contributed by atoms with Crippen molar-refractivity contribution in [3.8, 4) is 89.5 Å². The van der Waals surface area contributed by atoms with Crippen LogP contribution in [0.1, 0.15) is 216 Å². The van der Waals surface area contributed by atoms with Crippen molar-refractivity contribution in [2.45, 2.75) is 209 Å². The average molecular weight is 1640 g/mol. The molecular weight excluding hydrogens is 1500 g/mol. The molecule has 0 fully saturated rings. The lowest BCUT2D eigenvalue weighted by Crippen LogP contribution is -2.44. The van der Waals surface area contributed by atoms with Gasteiger partial charge in [0.1, 0.15) is 28.2 Å². The molecule has 124 heavy (non-hydrogen) atoms. The molecule has 0 spiro atoms. The number of benzene rings is 12. The Kier molecular flexibility index (Phi) is 17.1. The SMILES string of the molecule is [2H]C([2H])([2H])c1ccc(-c2c(C)ccc3c2-c2cc4ccccc4cc2C(C)(C)C3(C)C)[n+](C)c1.[2H]C([2H])([2H])c1ccc(-c2c(C)ccc3c2-c2ccc4ccccc4c2C(C)(C)C3(C)C)[n+](C)c1.[2H]C([2H])([2H])c1ccc(-c2cc3c(cc2C)-c2cc4ccccc4cc2C(C)(C)C3(C)C)[n+](C)c1.[2H]C([2H])([2H])c1ccc(-c2cc3c(cc2C)-c2ccc4ccccc4c2C(C)(C)C3(C)C)[n+](C)c1. The Balaban J connectivity index is 0.000000126. The standard InChI is InChI=1S/4C30H32N/c1-19-12-17-25(31(7)18-19)26-20(2)13-16-24-27(26)23-15-14-21-10-8-9-11-22(21)28(23)30(5,6)29(24,3)4;1-19-12-15-27(31(7)18-19)24-17-26-25(16-20(24)2)23-14-13-21-10-8-9-11-22(21)28(23)30(5,6)29(26,3)4;1-19-12-15-26(31(7)18-19)27-20(2)13-14-24-28(27)23-16-21-10-8-9-11-22(21)17-25(23)30(5,6)29(24,3)4;1-19-12-13-28(31(7)18-19)23-17-27-24(14-20(23)2)25-15-21-10-8-9-11-22(21)16-26(25)29(3,4)30(27,5)6/h4*8-18H,1-7H3/q4*+1/i4*1D3. The van der Waals surface area contributed by atoms with Gasteiger partial charge in [-0.05, 0) is 303 Å². The van der Waals surface area contributed by atoms with Gasteiger partial charge in [-0.2, -0.15) is 0 Å². The van der Waals surface area contributed by atoms with Gasteiger partial charge in [0.15, 0.2) is 24.8 Å². The zero-order valence-corrected chi connectivity index (χ0v) is 77.2. The van der Waals surface area contributed by atoms with Crippen LogP contribution in [0, 0.1) is 55.1 Å². The summed E-state index contributed by atoms with van der Waals surface area (Å²) in [6.45, 7) is 37.8. The number of aromatic nitrogens is 4. The normalized spacial score (nSPS) is 17.9. The Labute approximate surface area is 756 Å². The quantitative estimate of drug-likeness (QED) is 0.156. The zero-order valence-electron chi connectivity index (χ0n) is 89.2. The van der Waals surface area contributed by atoms with E-state index in [1.165, 1.54) is 165 Å². The highest BCUT2D eigenvalue weighted by molar-refractivity contribution is 6.02. The molecule has 0 saturated heterocycles. The lowest BCUT2D eigenvalue weighted by molar-refractivity contribution is -0.660. The number of hydrogen-bond donors (Lipinski definition) is 0. The maximum atomic E-state index is 7.83. The Morgan fingerprint density at radius 1 is 0.210 bits per heavy atom. The molecule has 4 aliphatic carbocycles. The van der Waals surface area contributed by atoms with Crippen LogP contribution in [0.5, 0.6) is 0 Å². The smallest absolute Gasteiger partial charge is 0.201 e. The van der Waals surface area contributed by atoms with Crippen molar-refractivity contribution in [1.29, 1.82) is 0 Å². The highest BCUT2D eigenvalue weighted by Gasteiger charge is 2.52. The number of rotatable bonds is 4. The summed E-state index contributed by atoms with van der Waals surface area (Å²) < 4.78 is 101. The number of hydrogen-bond acceptors (Lipinski definition) is 0. The summed E-state index contributed by atoms with van der Waals surface area (Å²) in [5, 5.41) is 10.2. The topological polar surface area (TPSA) is 15.5 Å². The second-order valence-electron chi connectivity index (χ2n) is 40.3. The molecule has 0 radical (unpaired) electrons. The Morgan fingerprint density at radius 3 is 0.895 bits per heavy atom. The summed E-state index contributed by atoms with van der Waals surface area (Å²) in [5.41, 5.74) is 35.4. The molecule has 4 aromatic heterocycles. The molecular formula is C120H128N4+4. The van der Waals surface area contributed by atoms with Crippen molar-refractivity contribution < 1.29 is 34.7 Å². The van der Waals surface area contributed by atoms with E-state index in [0.717, 1.165) is 33.9 Å². The first kappa shape index (κ1) is 70.7. The average Bonchev–Trinajstić information content (AvgIpc) is 0.705. The summed E-state index contributed by atoms with van der Waals surface area (Å²) in [6, 6.07) is 86.2. The fraction of sp³-hybridized carbons (Fsp3) is 0.300. The van der Waals surface area contributed by atoms with Crippen LogP contribution in [0.2, 0.25) is 0 Å². The second kappa shape index (κ2) is 30.0. The van der Waals surface area contributed by atoms with E-state index < -0.39 is 27.4 Å². The first-order chi connectivity index (χ1) is 63.3. The fourth-order valence-corrected chi connectivity index (χ4v) is 21.5. The molecule has 4 aliphatic rings. The van der Waals surface area contributed by atoms with Gasteiger partial charge in [0.2, 0.25) is 22.8 Å². The minimum Gasteiger partial charge on any atom is -0.201 e. The molecule has 16 aromatic rings. The first-order valence-electron chi connectivity index (χ1n) is 50.1. The van der Waals surface area contributed by atoms with E-state index in [4.69, 9.17) is 16.4 Å². The van der Waals surface area contributed by atoms with Crippen molar-refractivity contribution in [3.63, 3.8) is 0 Å². The molecule has 0 unspecified atom stereocenters. The number of aryl methyl sites for hydroxylation is 12. The van der Waals surface area contributed by atoms with Crippen molar-refractivity contribution in [3.05, 3.63) is 356 Å². The summed E-state index contributed by atoms with van der Waals surface area (Å²) in [6.07, 6.45) is 6.97. The van der Waals surface area contributed by atoms with Crippen LogP contribution < -0.4 is 18.3 Å². The van der Waals surface area contributed by atoms with Crippen LogP contribution in [-0.2, 0) is 71.5 Å². The van der Waals surface area contributed by atoms with E-state index >= 15 is 0 Å². The van der Waals surface area contributed by atoms with Gasteiger partial charge in [-0.25, -0.2) is 18.3 Å². The van der Waals surface area contributed by atoms with Crippen molar-refractivity contribution in [2.24, 2.45) is 28.2 Å². The van der Waals surface area contributed by atoms with E-state index in [1.807, 2.05) is 70.7 Å². The van der Waals surface area contributed by atoms with Gasteiger partial charge >= 0.3 is 0 Å².